The lowest BCUT2D eigenvalue weighted by molar-refractivity contribution is -0.438. The Morgan fingerprint density at radius 1 is 0.720 bits per heavy atom. The van der Waals surface area contributed by atoms with Crippen molar-refractivity contribution in [1.29, 1.82) is 0 Å². The number of halogens is 13. The fourth-order valence-corrected chi connectivity index (χ4v) is 1.15. The molecule has 2 N–H and O–H groups in total. The third kappa shape index (κ3) is 3.14. The standard InChI is InChI=1S/C8H3F13N2O2/c9-3(10,2(22)1-23(24)25)4(11,12)5(13,14)6(15,16)7(17,18)8(19,20)21/h1H,22H2/b2-1-. The molecule has 0 spiro atoms. The van der Waals surface area contributed by atoms with Crippen LogP contribution in [0.4, 0.5) is 57.1 Å². The summed E-state index contributed by atoms with van der Waals surface area (Å²) in [6.07, 6.45) is -8.79. The number of rotatable bonds is 6. The summed E-state index contributed by atoms with van der Waals surface area (Å²) in [5.41, 5.74) is 0.871. The molecule has 0 aliphatic rings. The zero-order valence-corrected chi connectivity index (χ0v) is 10.8. The SMILES string of the molecule is N/C(=C\[N+](=O)[O-])C(F)(F)C(F)(F)C(F)(F)C(F)(F)C(F)(F)C(F)(F)F. The number of nitrogens with zero attached hydrogens (tertiary/aromatic N) is 1. The second-order valence-electron chi connectivity index (χ2n) is 4.24. The van der Waals surface area contributed by atoms with E-state index >= 15 is 0 Å². The lowest BCUT2D eigenvalue weighted by Gasteiger charge is -2.39. The van der Waals surface area contributed by atoms with E-state index in [-0.39, 0.29) is 0 Å². The normalized spacial score (nSPS) is 16.1. The number of hydrogen-bond acceptors (Lipinski definition) is 3. The zero-order chi connectivity index (χ0) is 20.9. The summed E-state index contributed by atoms with van der Waals surface area (Å²) in [6.45, 7) is 0. The van der Waals surface area contributed by atoms with Gasteiger partial charge < -0.3 is 5.73 Å². The van der Waals surface area contributed by atoms with Crippen LogP contribution in [-0.2, 0) is 0 Å². The topological polar surface area (TPSA) is 69.2 Å². The maximum Gasteiger partial charge on any atom is 0.460 e. The first-order chi connectivity index (χ1) is 10.6. The smallest absolute Gasteiger partial charge is 0.392 e. The maximum atomic E-state index is 13.1. The molecule has 0 rings (SSSR count). The van der Waals surface area contributed by atoms with E-state index in [1.54, 1.807) is 0 Å². The predicted octanol–water partition coefficient (Wildman–Crippen LogP) is 3.80. The molecule has 0 radical (unpaired) electrons. The van der Waals surface area contributed by atoms with Gasteiger partial charge in [-0.2, -0.15) is 57.1 Å². The third-order valence-corrected chi connectivity index (χ3v) is 2.54. The van der Waals surface area contributed by atoms with Gasteiger partial charge in [-0.1, -0.05) is 0 Å². The molecule has 0 unspecified atom stereocenters. The van der Waals surface area contributed by atoms with E-state index in [9.17, 15) is 67.2 Å². The molecule has 25 heavy (non-hydrogen) atoms. The largest absolute Gasteiger partial charge is 0.460 e. The van der Waals surface area contributed by atoms with E-state index in [0.29, 0.717) is 0 Å². The molecule has 17 heteroatoms. The first-order valence-corrected chi connectivity index (χ1v) is 5.16. The average Bonchev–Trinajstić information content (AvgIpc) is 2.35. The van der Waals surface area contributed by atoms with Crippen LogP contribution >= 0.6 is 0 Å². The zero-order valence-electron chi connectivity index (χ0n) is 10.8. The lowest BCUT2D eigenvalue weighted by atomic mass is 9.93. The van der Waals surface area contributed by atoms with Gasteiger partial charge in [-0.25, -0.2) is 0 Å². The summed E-state index contributed by atoms with van der Waals surface area (Å²) < 4.78 is 164. The molecule has 0 saturated heterocycles. The average molecular weight is 406 g/mol. The van der Waals surface area contributed by atoms with Gasteiger partial charge in [0.25, 0.3) is 6.20 Å². The molecule has 0 atom stereocenters. The van der Waals surface area contributed by atoms with E-state index in [1.165, 1.54) is 0 Å². The Hall–Kier alpha value is -1.97. The van der Waals surface area contributed by atoms with E-state index in [1.807, 2.05) is 0 Å². The molecule has 0 aromatic carbocycles. The molecule has 0 aromatic rings. The Morgan fingerprint density at radius 2 is 1.04 bits per heavy atom. The molecule has 0 heterocycles. The van der Waals surface area contributed by atoms with Crippen LogP contribution in [0.15, 0.2) is 11.9 Å². The highest BCUT2D eigenvalue weighted by Crippen LogP contribution is 2.60. The van der Waals surface area contributed by atoms with Crippen LogP contribution in [0.5, 0.6) is 0 Å². The van der Waals surface area contributed by atoms with Gasteiger partial charge in [0.1, 0.15) is 0 Å². The number of nitrogens with two attached hydrogens (primary N) is 1. The van der Waals surface area contributed by atoms with Gasteiger partial charge in [0.05, 0.1) is 4.92 Å². The van der Waals surface area contributed by atoms with Crippen molar-refractivity contribution in [1.82, 2.24) is 0 Å². The fourth-order valence-electron chi connectivity index (χ4n) is 1.15. The van der Waals surface area contributed by atoms with E-state index in [0.717, 1.165) is 0 Å². The van der Waals surface area contributed by atoms with Crippen molar-refractivity contribution >= 4 is 0 Å². The minimum absolute atomic E-state index is 1.26. The molecule has 0 saturated carbocycles. The van der Waals surface area contributed by atoms with E-state index in [2.05, 4.69) is 5.73 Å². The van der Waals surface area contributed by atoms with Gasteiger partial charge in [-0.05, 0) is 0 Å². The van der Waals surface area contributed by atoms with Crippen LogP contribution in [0.3, 0.4) is 0 Å². The van der Waals surface area contributed by atoms with Crippen molar-refractivity contribution < 1.29 is 62.0 Å². The number of alkyl halides is 13. The van der Waals surface area contributed by atoms with Crippen molar-refractivity contribution in [3.63, 3.8) is 0 Å². The predicted molar refractivity (Wildman–Crippen MR) is 50.1 cm³/mol. The first-order valence-electron chi connectivity index (χ1n) is 5.16. The van der Waals surface area contributed by atoms with Crippen molar-refractivity contribution in [3.05, 3.63) is 22.0 Å². The van der Waals surface area contributed by atoms with Crippen LogP contribution in [0.1, 0.15) is 0 Å². The second kappa shape index (κ2) is 5.79. The molecular formula is C8H3F13N2O2. The van der Waals surface area contributed by atoms with Crippen LogP contribution in [0, 0.1) is 10.1 Å². The summed E-state index contributed by atoms with van der Waals surface area (Å²) in [5, 5.41) is 9.79. The van der Waals surface area contributed by atoms with Crippen molar-refractivity contribution in [2.24, 2.45) is 5.73 Å². The molecule has 148 valence electrons. The van der Waals surface area contributed by atoms with Gasteiger partial charge in [-0.15, -0.1) is 0 Å². The van der Waals surface area contributed by atoms with Gasteiger partial charge in [0, 0.05) is 0 Å². The Kier molecular flexibility index (Phi) is 5.33. The molecule has 0 aromatic heterocycles. The molecule has 0 aliphatic heterocycles. The molecule has 0 fully saturated rings. The highest BCUT2D eigenvalue weighted by Gasteiger charge is 2.91. The lowest BCUT2D eigenvalue weighted by Crippen LogP contribution is -2.70. The van der Waals surface area contributed by atoms with Crippen LogP contribution in [-0.4, -0.2) is 40.7 Å². The van der Waals surface area contributed by atoms with E-state index < -0.39 is 52.6 Å². The summed E-state index contributed by atoms with van der Waals surface area (Å²) in [4.78, 5) is 7.76. The molecule has 0 aliphatic carbocycles. The minimum Gasteiger partial charge on any atom is -0.392 e. The van der Waals surface area contributed by atoms with Crippen LogP contribution < -0.4 is 5.73 Å². The van der Waals surface area contributed by atoms with Crippen molar-refractivity contribution in [3.8, 4) is 0 Å². The Balaban J connectivity index is 6.44. The van der Waals surface area contributed by atoms with Gasteiger partial charge >= 0.3 is 35.8 Å². The second-order valence-corrected chi connectivity index (χ2v) is 4.24. The quantitative estimate of drug-likeness (QED) is 0.415. The molecule has 0 bridgehead atoms. The van der Waals surface area contributed by atoms with E-state index in [4.69, 9.17) is 0 Å². The highest BCUT2D eigenvalue weighted by molar-refractivity contribution is 5.19. The molecule has 0 amide bonds. The Morgan fingerprint density at radius 3 is 1.32 bits per heavy atom. The monoisotopic (exact) mass is 406 g/mol. The van der Waals surface area contributed by atoms with Crippen LogP contribution in [0.25, 0.3) is 0 Å². The summed E-state index contributed by atoms with van der Waals surface area (Å²) >= 11 is 0. The summed E-state index contributed by atoms with van der Waals surface area (Å²) in [5.74, 6) is -38.5. The van der Waals surface area contributed by atoms with Gasteiger partial charge in [0.2, 0.25) is 0 Å². The summed E-state index contributed by atoms with van der Waals surface area (Å²) in [7, 11) is 0. The first kappa shape index (κ1) is 23.0. The maximum absolute atomic E-state index is 13.1. The van der Waals surface area contributed by atoms with Crippen molar-refractivity contribution in [2.45, 2.75) is 35.8 Å². The fraction of sp³-hybridized carbons (Fsp3) is 0.750. The Labute approximate surface area is 127 Å². The molecule has 4 nitrogen and oxygen atoms in total. The Bertz CT molecular complexity index is 565. The van der Waals surface area contributed by atoms with Gasteiger partial charge in [-0.3, -0.25) is 10.1 Å². The molecular weight excluding hydrogens is 403 g/mol. The van der Waals surface area contributed by atoms with Crippen molar-refractivity contribution in [2.75, 3.05) is 0 Å². The summed E-state index contributed by atoms with van der Waals surface area (Å²) in [6, 6.07) is 0. The number of nitro groups is 1. The highest BCUT2D eigenvalue weighted by atomic mass is 19.4. The number of allylic oxidation sites excluding steroid dienone is 1. The third-order valence-electron chi connectivity index (χ3n) is 2.54. The van der Waals surface area contributed by atoms with Crippen LogP contribution in [0.2, 0.25) is 0 Å². The number of hydrogen-bond donors (Lipinski definition) is 1. The minimum atomic E-state index is -8.08. The van der Waals surface area contributed by atoms with Gasteiger partial charge in [0.15, 0.2) is 5.70 Å².